The third kappa shape index (κ3) is 4.84. The predicted octanol–water partition coefficient (Wildman–Crippen LogP) is -5.37. The van der Waals surface area contributed by atoms with Crippen LogP contribution in [0.4, 0.5) is 5.69 Å². The normalized spacial score (nSPS) is 13.1. The van der Waals surface area contributed by atoms with Crippen molar-refractivity contribution in [2.75, 3.05) is 18.0 Å². The zero-order chi connectivity index (χ0) is 20.7. The van der Waals surface area contributed by atoms with Gasteiger partial charge in [0.15, 0.2) is 11.2 Å². The summed E-state index contributed by atoms with van der Waals surface area (Å²) in [6.45, 7) is 3.45. The summed E-state index contributed by atoms with van der Waals surface area (Å²) < 4.78 is 5.48. The van der Waals surface area contributed by atoms with E-state index in [2.05, 4.69) is 9.88 Å². The van der Waals surface area contributed by atoms with Gasteiger partial charge < -0.3 is 29.1 Å². The molecule has 2 aromatic heterocycles. The van der Waals surface area contributed by atoms with Gasteiger partial charge in [0.1, 0.15) is 11.6 Å². The van der Waals surface area contributed by atoms with Gasteiger partial charge in [-0.2, -0.15) is 0 Å². The SMILES string of the molecule is CCCc1c2nc(C(=O)[O-])cc(N3CCCC3)c2cc2c(=O)cc(C(=O)[O-])oc12.[Na+].[Na+]. The van der Waals surface area contributed by atoms with E-state index in [1.807, 2.05) is 6.92 Å². The summed E-state index contributed by atoms with van der Waals surface area (Å²) in [5.41, 5.74) is 0.941. The molecular formula is C21H18N2Na2O6. The van der Waals surface area contributed by atoms with E-state index in [4.69, 9.17) is 4.42 Å². The van der Waals surface area contributed by atoms with Crippen LogP contribution >= 0.6 is 0 Å². The van der Waals surface area contributed by atoms with Crippen molar-refractivity contribution in [2.45, 2.75) is 32.6 Å². The summed E-state index contributed by atoms with van der Waals surface area (Å²) in [6, 6.07) is 3.98. The number of rotatable bonds is 5. The van der Waals surface area contributed by atoms with Crippen LogP contribution in [0.15, 0.2) is 27.4 Å². The van der Waals surface area contributed by atoms with Crippen LogP contribution in [0.3, 0.4) is 0 Å². The number of aromatic carboxylic acids is 2. The molecule has 1 saturated heterocycles. The number of carboxylic acids is 2. The van der Waals surface area contributed by atoms with Crippen LogP contribution in [0.1, 0.15) is 52.8 Å². The quantitative estimate of drug-likeness (QED) is 0.284. The van der Waals surface area contributed by atoms with Gasteiger partial charge in [-0.05, 0) is 31.4 Å². The molecule has 1 aliphatic rings. The second kappa shape index (κ2) is 10.5. The number of fused-ring (bicyclic) bond motifs is 2. The Balaban J connectivity index is 0.00000171. The number of carbonyl (C=O) groups is 2. The molecule has 3 heterocycles. The number of benzene rings is 1. The van der Waals surface area contributed by atoms with Crippen LogP contribution in [-0.2, 0) is 6.42 Å². The summed E-state index contributed by atoms with van der Waals surface area (Å²) in [5.74, 6) is -3.57. The molecule has 1 aromatic carbocycles. The second-order valence-corrected chi connectivity index (χ2v) is 7.15. The van der Waals surface area contributed by atoms with Gasteiger partial charge in [-0.25, -0.2) is 4.98 Å². The van der Waals surface area contributed by atoms with E-state index in [0.717, 1.165) is 32.0 Å². The maximum Gasteiger partial charge on any atom is 1.00 e. The molecule has 0 aliphatic carbocycles. The zero-order valence-corrected chi connectivity index (χ0v) is 21.8. The number of anilines is 1. The molecule has 10 heteroatoms. The van der Waals surface area contributed by atoms with Gasteiger partial charge in [-0.1, -0.05) is 13.3 Å². The molecule has 3 aromatic rings. The Bertz CT molecular complexity index is 1220. The molecule has 0 spiro atoms. The van der Waals surface area contributed by atoms with E-state index in [0.29, 0.717) is 35.0 Å². The molecule has 0 saturated carbocycles. The van der Waals surface area contributed by atoms with Crippen LogP contribution in [0.2, 0.25) is 0 Å². The van der Waals surface area contributed by atoms with Crippen molar-refractivity contribution in [3.8, 4) is 0 Å². The van der Waals surface area contributed by atoms with Crippen LogP contribution in [0, 0.1) is 0 Å². The second-order valence-electron chi connectivity index (χ2n) is 7.15. The van der Waals surface area contributed by atoms with Crippen molar-refractivity contribution in [3.05, 3.63) is 45.4 Å². The smallest absolute Gasteiger partial charge is 0.543 e. The minimum atomic E-state index is -1.60. The number of nitrogens with zero attached hydrogens (tertiary/aromatic N) is 2. The van der Waals surface area contributed by atoms with Crippen LogP contribution in [0.5, 0.6) is 0 Å². The molecule has 31 heavy (non-hydrogen) atoms. The molecule has 0 atom stereocenters. The predicted molar refractivity (Wildman–Crippen MR) is 102 cm³/mol. The Labute approximate surface area is 222 Å². The fourth-order valence-electron chi connectivity index (χ4n) is 3.94. The Morgan fingerprint density at radius 3 is 2.32 bits per heavy atom. The van der Waals surface area contributed by atoms with Gasteiger partial charge in [0.2, 0.25) is 0 Å². The average molecular weight is 440 g/mol. The van der Waals surface area contributed by atoms with E-state index in [1.54, 1.807) is 6.07 Å². The minimum absolute atomic E-state index is 0. The molecule has 0 unspecified atom stereocenters. The first-order valence-corrected chi connectivity index (χ1v) is 9.52. The van der Waals surface area contributed by atoms with E-state index in [-0.39, 0.29) is 75.8 Å². The molecule has 0 bridgehead atoms. The van der Waals surface area contributed by atoms with E-state index >= 15 is 0 Å². The van der Waals surface area contributed by atoms with Gasteiger partial charge >= 0.3 is 59.1 Å². The number of carbonyl (C=O) groups excluding carboxylic acids is 2. The molecule has 0 radical (unpaired) electrons. The Morgan fingerprint density at radius 1 is 1.06 bits per heavy atom. The molecule has 0 amide bonds. The van der Waals surface area contributed by atoms with E-state index < -0.39 is 23.1 Å². The van der Waals surface area contributed by atoms with Gasteiger partial charge in [-0.15, -0.1) is 0 Å². The molecular weight excluding hydrogens is 422 g/mol. The van der Waals surface area contributed by atoms with Gasteiger partial charge in [-0.3, -0.25) is 4.79 Å². The number of pyridine rings is 1. The summed E-state index contributed by atoms with van der Waals surface area (Å²) in [6.07, 6.45) is 3.05. The average Bonchev–Trinajstić information content (AvgIpc) is 3.22. The zero-order valence-electron chi connectivity index (χ0n) is 17.8. The van der Waals surface area contributed by atoms with Crippen LogP contribution in [0.25, 0.3) is 21.9 Å². The number of aromatic nitrogens is 1. The third-order valence-electron chi connectivity index (χ3n) is 5.23. The molecule has 8 nitrogen and oxygen atoms in total. The van der Waals surface area contributed by atoms with Crippen molar-refractivity contribution in [3.63, 3.8) is 0 Å². The summed E-state index contributed by atoms with van der Waals surface area (Å²) in [5, 5.41) is 23.7. The summed E-state index contributed by atoms with van der Waals surface area (Å²) >= 11 is 0. The van der Waals surface area contributed by atoms with E-state index in [1.165, 1.54) is 6.07 Å². The van der Waals surface area contributed by atoms with E-state index in [9.17, 15) is 24.6 Å². The Morgan fingerprint density at radius 2 is 1.74 bits per heavy atom. The van der Waals surface area contributed by atoms with Crippen molar-refractivity contribution < 1.29 is 83.3 Å². The largest absolute Gasteiger partial charge is 1.00 e. The number of hydrogen-bond acceptors (Lipinski definition) is 8. The maximum atomic E-state index is 12.6. The number of carboxylic acid groups (broad SMARTS) is 2. The third-order valence-corrected chi connectivity index (χ3v) is 5.23. The van der Waals surface area contributed by atoms with Crippen molar-refractivity contribution in [1.29, 1.82) is 0 Å². The van der Waals surface area contributed by atoms with Gasteiger partial charge in [0.25, 0.3) is 0 Å². The van der Waals surface area contributed by atoms with Crippen LogP contribution in [-0.4, -0.2) is 30.0 Å². The maximum absolute atomic E-state index is 12.6. The Hall–Kier alpha value is -1.42. The minimum Gasteiger partial charge on any atom is -0.543 e. The van der Waals surface area contributed by atoms with Crippen molar-refractivity contribution in [2.24, 2.45) is 0 Å². The molecule has 4 rings (SSSR count). The van der Waals surface area contributed by atoms with Crippen LogP contribution < -0.4 is 79.7 Å². The monoisotopic (exact) mass is 440 g/mol. The summed E-state index contributed by atoms with van der Waals surface area (Å²) in [4.78, 5) is 41.8. The molecule has 1 fully saturated rings. The Kier molecular flexibility index (Phi) is 8.72. The number of hydrogen-bond donors (Lipinski definition) is 0. The standard InChI is InChI=1S/C21H20N2O6.2Na/c1-2-5-11-18-12(8-13-16(24)10-17(21(27)28)29-19(11)13)15(23-6-3-4-7-23)9-14(22-18)20(25)26;;/h8-10H,2-7H2,1H3,(H,25,26)(H,27,28);;/q;2*+1/p-2. The van der Waals surface area contributed by atoms with Crippen molar-refractivity contribution >= 4 is 39.5 Å². The number of aryl methyl sites for hydroxylation is 1. The fraction of sp³-hybridized carbons (Fsp3) is 0.333. The van der Waals surface area contributed by atoms with Crippen molar-refractivity contribution in [1.82, 2.24) is 4.98 Å². The van der Waals surface area contributed by atoms with Gasteiger partial charge in [0, 0.05) is 35.8 Å². The first-order chi connectivity index (χ1) is 13.9. The molecule has 1 aliphatic heterocycles. The first-order valence-electron chi connectivity index (χ1n) is 9.52. The molecule has 150 valence electrons. The topological polar surface area (TPSA) is 127 Å². The fourth-order valence-corrected chi connectivity index (χ4v) is 3.94. The molecule has 0 N–H and O–H groups in total. The van der Waals surface area contributed by atoms with Gasteiger partial charge in [0.05, 0.1) is 22.6 Å². The summed E-state index contributed by atoms with van der Waals surface area (Å²) in [7, 11) is 0. The first kappa shape index (κ1) is 25.8.